The van der Waals surface area contributed by atoms with E-state index in [1.165, 1.54) is 6.07 Å². The van der Waals surface area contributed by atoms with Crippen molar-refractivity contribution in [2.75, 3.05) is 34.7 Å². The van der Waals surface area contributed by atoms with E-state index in [0.29, 0.717) is 12.8 Å². The van der Waals surface area contributed by atoms with E-state index in [9.17, 15) is 30.0 Å². The zero-order valence-corrected chi connectivity index (χ0v) is 20.7. The van der Waals surface area contributed by atoms with Crippen LogP contribution in [0.3, 0.4) is 0 Å². The highest BCUT2D eigenvalue weighted by Gasteiger charge is 2.60. The zero-order valence-electron chi connectivity index (χ0n) is 20.7. The highest BCUT2D eigenvalue weighted by Crippen LogP contribution is 2.53. The molecule has 1 amide bonds. The molecule has 9 nitrogen and oxygen atoms in total. The summed E-state index contributed by atoms with van der Waals surface area (Å²) in [6, 6.07) is 2.61. The molecule has 0 heterocycles. The molecule has 0 bridgehead atoms. The number of ketones is 1. The summed E-state index contributed by atoms with van der Waals surface area (Å²) in [6.45, 7) is 0.887. The number of carbonyl (C=O) groups is 2. The number of hydrogen-bond acceptors (Lipinski definition) is 8. The van der Waals surface area contributed by atoms with Crippen molar-refractivity contribution < 1.29 is 30.0 Å². The second-order valence-corrected chi connectivity index (χ2v) is 10.6. The number of likely N-dealkylation sites (N-methyl/N-ethyl adjacent to an activating group) is 1. The third kappa shape index (κ3) is 4.01. The first kappa shape index (κ1) is 25.2. The van der Waals surface area contributed by atoms with Gasteiger partial charge in [0.15, 0.2) is 5.78 Å². The van der Waals surface area contributed by atoms with E-state index in [4.69, 9.17) is 5.73 Å². The Hall–Kier alpha value is -2.88. The number of rotatable bonds is 6. The molecular weight excluding hydrogens is 450 g/mol. The Kier molecular flexibility index (Phi) is 6.46. The third-order valence-electron chi connectivity index (χ3n) is 7.85. The first-order chi connectivity index (χ1) is 16.4. The number of aliphatic hydroxyl groups is 3. The van der Waals surface area contributed by atoms with Gasteiger partial charge in [0.05, 0.1) is 17.2 Å². The van der Waals surface area contributed by atoms with Gasteiger partial charge in [0.1, 0.15) is 22.9 Å². The van der Waals surface area contributed by atoms with Crippen LogP contribution in [0.15, 0.2) is 29.0 Å². The Morgan fingerprint density at radius 2 is 1.86 bits per heavy atom. The lowest BCUT2D eigenvalue weighted by Gasteiger charge is -2.51. The number of carbonyl (C=O) groups excluding carboxylic acids is 2. The number of aromatic hydroxyl groups is 1. The number of aryl methyl sites for hydroxylation is 1. The predicted octanol–water partition coefficient (Wildman–Crippen LogP) is 1.28. The quantitative estimate of drug-likeness (QED) is 0.405. The van der Waals surface area contributed by atoms with Gasteiger partial charge >= 0.3 is 0 Å². The van der Waals surface area contributed by atoms with Gasteiger partial charge in [-0.3, -0.25) is 14.5 Å². The van der Waals surface area contributed by atoms with E-state index < -0.39 is 41.6 Å². The van der Waals surface area contributed by atoms with E-state index in [0.717, 1.165) is 30.5 Å². The minimum Gasteiger partial charge on any atom is -0.510 e. The van der Waals surface area contributed by atoms with E-state index in [1.807, 2.05) is 20.2 Å². The molecule has 1 saturated carbocycles. The average molecular weight is 486 g/mol. The molecule has 0 spiro atoms. The topological polar surface area (TPSA) is 148 Å². The molecule has 4 atom stereocenters. The maximum Gasteiger partial charge on any atom is 0.248 e. The van der Waals surface area contributed by atoms with Gasteiger partial charge in [-0.25, -0.2) is 0 Å². The minimum atomic E-state index is -2.01. The van der Waals surface area contributed by atoms with E-state index in [2.05, 4.69) is 4.90 Å². The molecule has 4 rings (SSSR count). The average Bonchev–Trinajstić information content (AvgIpc) is 2.76. The maximum atomic E-state index is 13.8. The monoisotopic (exact) mass is 485 g/mol. The lowest BCUT2D eigenvalue weighted by atomic mass is 9.57. The molecule has 0 aliphatic heterocycles. The van der Waals surface area contributed by atoms with Crippen LogP contribution in [0.1, 0.15) is 36.0 Å². The summed E-state index contributed by atoms with van der Waals surface area (Å²) in [6.07, 6.45) is 1.96. The van der Waals surface area contributed by atoms with E-state index in [1.54, 1.807) is 19.0 Å². The Morgan fingerprint density at radius 1 is 1.17 bits per heavy atom. The number of primary amides is 1. The van der Waals surface area contributed by atoms with Gasteiger partial charge in [0.2, 0.25) is 5.91 Å². The first-order valence-corrected chi connectivity index (χ1v) is 12.0. The van der Waals surface area contributed by atoms with Crippen LogP contribution < -0.4 is 5.73 Å². The largest absolute Gasteiger partial charge is 0.510 e. The fourth-order valence-corrected chi connectivity index (χ4v) is 6.22. The lowest BCUT2D eigenvalue weighted by Crippen LogP contribution is -2.62. The number of Topliss-reactive ketones (excluding diaryl/α,β-unsaturated/α-hetero) is 1. The zero-order chi connectivity index (χ0) is 25.8. The summed E-state index contributed by atoms with van der Waals surface area (Å²) >= 11 is 0. The molecule has 0 radical (unpaired) electrons. The number of nitrogens with zero attached hydrogens (tertiary/aromatic N) is 2. The molecule has 1 fully saturated rings. The van der Waals surface area contributed by atoms with Gasteiger partial charge in [-0.2, -0.15) is 0 Å². The molecule has 3 aliphatic rings. The van der Waals surface area contributed by atoms with Gasteiger partial charge in [0, 0.05) is 17.9 Å². The standard InChI is InChI=1S/C26H35N3O6/c1-28(2)9-5-6-13-7-8-18(30)20-15(13)10-14-11-17-21(29(3)4)22(31)16(25(27)34)12-26(17,35)24(33)19(14)23(20)32/h7-8,14,17,21,30-32,35H,5-6,9-12H2,1-4H3,(H2,27,34). The molecule has 1 aromatic carbocycles. The van der Waals surface area contributed by atoms with Crippen LogP contribution in [0.5, 0.6) is 5.75 Å². The van der Waals surface area contributed by atoms with Crippen LogP contribution in [0, 0.1) is 11.8 Å². The Morgan fingerprint density at radius 3 is 2.46 bits per heavy atom. The molecule has 0 aromatic heterocycles. The Bertz CT molecular complexity index is 1140. The van der Waals surface area contributed by atoms with Crippen LogP contribution in [-0.2, 0) is 22.4 Å². The minimum absolute atomic E-state index is 0.0692. The molecule has 6 N–H and O–H groups in total. The van der Waals surface area contributed by atoms with Crippen molar-refractivity contribution in [1.82, 2.24) is 9.80 Å². The smallest absolute Gasteiger partial charge is 0.248 e. The number of phenols is 1. The van der Waals surface area contributed by atoms with Crippen molar-refractivity contribution in [3.05, 3.63) is 45.7 Å². The van der Waals surface area contributed by atoms with Crippen LogP contribution in [-0.4, -0.2) is 88.3 Å². The van der Waals surface area contributed by atoms with Crippen LogP contribution in [0.4, 0.5) is 0 Å². The number of amides is 1. The number of phenolic OH excluding ortho intramolecular Hbond substituents is 1. The fraction of sp³-hybridized carbons (Fsp3) is 0.538. The second kappa shape index (κ2) is 8.96. The summed E-state index contributed by atoms with van der Waals surface area (Å²) in [5.74, 6) is -3.35. The number of aliphatic hydroxyl groups excluding tert-OH is 2. The normalized spacial score (nSPS) is 28.3. The van der Waals surface area contributed by atoms with Gasteiger partial charge < -0.3 is 31.1 Å². The second-order valence-electron chi connectivity index (χ2n) is 10.6. The highest BCUT2D eigenvalue weighted by atomic mass is 16.3. The number of nitrogens with two attached hydrogens (primary N) is 1. The molecule has 35 heavy (non-hydrogen) atoms. The van der Waals surface area contributed by atoms with Crippen molar-refractivity contribution in [3.63, 3.8) is 0 Å². The van der Waals surface area contributed by atoms with Crippen molar-refractivity contribution in [2.24, 2.45) is 17.6 Å². The van der Waals surface area contributed by atoms with Gasteiger partial charge in [0.25, 0.3) is 0 Å². The van der Waals surface area contributed by atoms with Gasteiger partial charge in [-0.1, -0.05) is 6.07 Å². The summed E-state index contributed by atoms with van der Waals surface area (Å²) in [5.41, 5.74) is 5.39. The van der Waals surface area contributed by atoms with Gasteiger partial charge in [-0.15, -0.1) is 0 Å². The van der Waals surface area contributed by atoms with Crippen LogP contribution in [0.25, 0.3) is 5.76 Å². The number of benzene rings is 1. The number of fused-ring (bicyclic) bond motifs is 3. The van der Waals surface area contributed by atoms with E-state index in [-0.39, 0.29) is 34.0 Å². The molecule has 4 unspecified atom stereocenters. The maximum absolute atomic E-state index is 13.8. The molecule has 9 heteroatoms. The van der Waals surface area contributed by atoms with Crippen LogP contribution >= 0.6 is 0 Å². The first-order valence-electron chi connectivity index (χ1n) is 12.0. The molecule has 190 valence electrons. The third-order valence-corrected chi connectivity index (χ3v) is 7.85. The predicted molar refractivity (Wildman–Crippen MR) is 131 cm³/mol. The van der Waals surface area contributed by atoms with E-state index >= 15 is 0 Å². The van der Waals surface area contributed by atoms with Crippen molar-refractivity contribution in [1.29, 1.82) is 0 Å². The molecule has 1 aromatic rings. The van der Waals surface area contributed by atoms with Crippen molar-refractivity contribution in [2.45, 2.75) is 43.7 Å². The molecule has 0 saturated heterocycles. The van der Waals surface area contributed by atoms with Gasteiger partial charge in [-0.05, 0) is 83.5 Å². The molecule has 3 aliphatic carbocycles. The summed E-state index contributed by atoms with van der Waals surface area (Å²) in [7, 11) is 7.41. The Balaban J connectivity index is 1.81. The molecular formula is C26H35N3O6. The summed E-state index contributed by atoms with van der Waals surface area (Å²) in [5, 5.41) is 44.4. The lowest BCUT2D eigenvalue weighted by molar-refractivity contribution is -0.151. The highest BCUT2D eigenvalue weighted by molar-refractivity contribution is 6.10. The summed E-state index contributed by atoms with van der Waals surface area (Å²) in [4.78, 5) is 29.6. The van der Waals surface area contributed by atoms with Crippen LogP contribution in [0.2, 0.25) is 0 Å². The number of hydrogen-bond donors (Lipinski definition) is 5. The van der Waals surface area contributed by atoms with Crippen molar-refractivity contribution in [3.8, 4) is 5.75 Å². The summed E-state index contributed by atoms with van der Waals surface area (Å²) < 4.78 is 0. The van der Waals surface area contributed by atoms with Crippen molar-refractivity contribution >= 4 is 17.4 Å². The Labute approximate surface area is 205 Å². The fourth-order valence-electron chi connectivity index (χ4n) is 6.22. The SMILES string of the molecule is CN(C)CCCc1ccc(O)c2c1CC1CC3C(N(C)C)C(O)=C(C(N)=O)CC3(O)C(=O)C1=C2O.